The van der Waals surface area contributed by atoms with Crippen LogP contribution in [0.1, 0.15) is 24.8 Å². The summed E-state index contributed by atoms with van der Waals surface area (Å²) < 4.78 is 0. The van der Waals surface area contributed by atoms with E-state index in [0.717, 1.165) is 13.1 Å². The first-order valence-corrected chi connectivity index (χ1v) is 7.87. The van der Waals surface area contributed by atoms with Gasteiger partial charge in [-0.05, 0) is 32.0 Å². The summed E-state index contributed by atoms with van der Waals surface area (Å²) in [7, 11) is 3.88. The summed E-state index contributed by atoms with van der Waals surface area (Å²) in [5.74, 6) is 0.210. The predicted molar refractivity (Wildman–Crippen MR) is 86.1 cm³/mol. The predicted octanol–water partition coefficient (Wildman–Crippen LogP) is 1.72. The summed E-state index contributed by atoms with van der Waals surface area (Å²) in [4.78, 5) is 16.6. The summed E-state index contributed by atoms with van der Waals surface area (Å²) in [6, 6.07) is 10.7. The molecule has 1 unspecified atom stereocenters. The van der Waals surface area contributed by atoms with Crippen LogP contribution in [0.2, 0.25) is 0 Å². The minimum atomic E-state index is 0.210. The van der Waals surface area contributed by atoms with Gasteiger partial charge in [-0.3, -0.25) is 9.69 Å². The van der Waals surface area contributed by atoms with Crippen LogP contribution in [0.5, 0.6) is 0 Å². The lowest BCUT2D eigenvalue weighted by molar-refractivity contribution is -0.132. The minimum absolute atomic E-state index is 0.210. The largest absolute Gasteiger partial charge is 0.340 e. The molecule has 1 heterocycles. The van der Waals surface area contributed by atoms with E-state index in [1.807, 2.05) is 37.2 Å². The molecule has 1 atom stereocenters. The minimum Gasteiger partial charge on any atom is -0.340 e. The van der Waals surface area contributed by atoms with Crippen molar-refractivity contribution >= 4 is 5.91 Å². The van der Waals surface area contributed by atoms with Gasteiger partial charge in [-0.25, -0.2) is 0 Å². The van der Waals surface area contributed by atoms with Gasteiger partial charge in [-0.2, -0.15) is 0 Å². The highest BCUT2D eigenvalue weighted by atomic mass is 16.2. The Labute approximate surface area is 128 Å². The summed E-state index contributed by atoms with van der Waals surface area (Å²) in [5, 5.41) is 3.24. The van der Waals surface area contributed by atoms with Gasteiger partial charge in [0.1, 0.15) is 0 Å². The van der Waals surface area contributed by atoms with Gasteiger partial charge in [-0.1, -0.05) is 36.8 Å². The Kier molecular flexibility index (Phi) is 6.21. The van der Waals surface area contributed by atoms with Crippen LogP contribution in [0.3, 0.4) is 0 Å². The van der Waals surface area contributed by atoms with Gasteiger partial charge in [0, 0.05) is 26.2 Å². The Morgan fingerprint density at radius 2 is 2.10 bits per heavy atom. The van der Waals surface area contributed by atoms with Crippen molar-refractivity contribution in [3.8, 4) is 0 Å². The highest BCUT2D eigenvalue weighted by molar-refractivity contribution is 5.78. The van der Waals surface area contributed by atoms with Crippen LogP contribution >= 0.6 is 0 Å². The summed E-state index contributed by atoms with van der Waals surface area (Å²) >= 11 is 0. The van der Waals surface area contributed by atoms with Gasteiger partial charge in [0.15, 0.2) is 0 Å². The molecule has 1 amide bonds. The molecule has 4 nitrogen and oxygen atoms in total. The number of nitrogens with zero attached hydrogens (tertiary/aromatic N) is 2. The number of likely N-dealkylation sites (tertiary alicyclic amines) is 1. The third-order valence-electron chi connectivity index (χ3n) is 4.22. The third-order valence-corrected chi connectivity index (χ3v) is 4.22. The second-order valence-corrected chi connectivity index (χ2v) is 5.91. The topological polar surface area (TPSA) is 35.6 Å². The third kappa shape index (κ3) is 4.83. The van der Waals surface area contributed by atoms with Crippen molar-refractivity contribution in [3.63, 3.8) is 0 Å². The van der Waals surface area contributed by atoms with Crippen LogP contribution in [0.15, 0.2) is 30.3 Å². The average Bonchev–Trinajstić information content (AvgIpc) is 2.50. The van der Waals surface area contributed by atoms with Gasteiger partial charge in [0.05, 0.1) is 6.54 Å². The Morgan fingerprint density at radius 3 is 2.81 bits per heavy atom. The monoisotopic (exact) mass is 289 g/mol. The van der Waals surface area contributed by atoms with Crippen molar-refractivity contribution in [2.45, 2.75) is 31.8 Å². The molecule has 1 aromatic rings. The lowest BCUT2D eigenvalue weighted by Gasteiger charge is -2.36. The zero-order chi connectivity index (χ0) is 15.1. The van der Waals surface area contributed by atoms with Crippen molar-refractivity contribution in [1.29, 1.82) is 0 Å². The van der Waals surface area contributed by atoms with Gasteiger partial charge >= 0.3 is 0 Å². The molecule has 1 fully saturated rings. The van der Waals surface area contributed by atoms with Crippen LogP contribution in [0, 0.1) is 0 Å². The first kappa shape index (κ1) is 16.0. The number of likely N-dealkylation sites (N-methyl/N-ethyl adjacent to an activating group) is 2. The number of rotatable bonds is 6. The highest BCUT2D eigenvalue weighted by Crippen LogP contribution is 2.16. The molecule has 21 heavy (non-hydrogen) atoms. The van der Waals surface area contributed by atoms with E-state index in [4.69, 9.17) is 0 Å². The van der Waals surface area contributed by atoms with Crippen LogP contribution in [-0.4, -0.2) is 55.5 Å². The number of hydrogen-bond acceptors (Lipinski definition) is 3. The zero-order valence-electron chi connectivity index (χ0n) is 13.2. The van der Waals surface area contributed by atoms with Gasteiger partial charge in [-0.15, -0.1) is 0 Å². The molecule has 116 valence electrons. The van der Waals surface area contributed by atoms with Crippen LogP contribution < -0.4 is 5.32 Å². The van der Waals surface area contributed by atoms with Crippen molar-refractivity contribution in [3.05, 3.63) is 35.9 Å². The molecule has 1 saturated heterocycles. The SMILES string of the molecule is CNCC1CCCCN1CC(=O)N(C)Cc1ccccc1. The first-order chi connectivity index (χ1) is 10.2. The van der Waals surface area contributed by atoms with Crippen LogP contribution in [-0.2, 0) is 11.3 Å². The Hall–Kier alpha value is -1.39. The van der Waals surface area contributed by atoms with Crippen molar-refractivity contribution in [1.82, 2.24) is 15.1 Å². The van der Waals surface area contributed by atoms with E-state index in [1.54, 1.807) is 0 Å². The molecule has 0 aromatic heterocycles. The van der Waals surface area contributed by atoms with Crippen LogP contribution in [0.4, 0.5) is 0 Å². The lowest BCUT2D eigenvalue weighted by Crippen LogP contribution is -2.49. The Morgan fingerprint density at radius 1 is 1.33 bits per heavy atom. The second-order valence-electron chi connectivity index (χ2n) is 5.91. The van der Waals surface area contributed by atoms with Gasteiger partial charge < -0.3 is 10.2 Å². The molecule has 0 aliphatic carbocycles. The highest BCUT2D eigenvalue weighted by Gasteiger charge is 2.24. The number of carbonyl (C=O) groups is 1. The summed E-state index contributed by atoms with van der Waals surface area (Å²) in [5.41, 5.74) is 1.18. The van der Waals surface area contributed by atoms with E-state index in [2.05, 4.69) is 22.3 Å². The number of nitrogens with one attached hydrogen (secondary N) is 1. The number of hydrogen-bond donors (Lipinski definition) is 1. The fourth-order valence-corrected chi connectivity index (χ4v) is 2.97. The fourth-order valence-electron chi connectivity index (χ4n) is 2.97. The maximum Gasteiger partial charge on any atom is 0.236 e. The maximum absolute atomic E-state index is 12.4. The molecule has 1 aliphatic rings. The number of amides is 1. The van der Waals surface area contributed by atoms with Crippen molar-refractivity contribution < 1.29 is 4.79 Å². The first-order valence-electron chi connectivity index (χ1n) is 7.87. The standard InChI is InChI=1S/C17H27N3O/c1-18-12-16-10-6-7-11-20(16)14-17(21)19(2)13-15-8-4-3-5-9-15/h3-5,8-9,16,18H,6-7,10-14H2,1-2H3. The number of piperidine rings is 1. The molecular weight excluding hydrogens is 262 g/mol. The zero-order valence-corrected chi connectivity index (χ0v) is 13.2. The number of carbonyl (C=O) groups excluding carboxylic acids is 1. The molecular formula is C17H27N3O. The number of benzene rings is 1. The van der Waals surface area contributed by atoms with E-state index in [-0.39, 0.29) is 5.91 Å². The molecule has 4 heteroatoms. The van der Waals surface area contributed by atoms with Crippen molar-refractivity contribution in [2.24, 2.45) is 0 Å². The molecule has 0 radical (unpaired) electrons. The summed E-state index contributed by atoms with van der Waals surface area (Å²) in [6.07, 6.45) is 3.67. The van der Waals surface area contributed by atoms with E-state index in [9.17, 15) is 4.79 Å². The molecule has 0 spiro atoms. The normalized spacial score (nSPS) is 19.4. The second kappa shape index (κ2) is 8.15. The van der Waals surface area contributed by atoms with E-state index in [1.165, 1.54) is 24.8 Å². The Balaban J connectivity index is 1.87. The maximum atomic E-state index is 12.4. The van der Waals surface area contributed by atoms with E-state index < -0.39 is 0 Å². The fraction of sp³-hybridized carbons (Fsp3) is 0.588. The molecule has 0 saturated carbocycles. The van der Waals surface area contributed by atoms with Crippen LogP contribution in [0.25, 0.3) is 0 Å². The molecule has 1 N–H and O–H groups in total. The molecule has 2 rings (SSSR count). The van der Waals surface area contributed by atoms with E-state index in [0.29, 0.717) is 19.1 Å². The van der Waals surface area contributed by atoms with E-state index >= 15 is 0 Å². The molecule has 1 aliphatic heterocycles. The van der Waals surface area contributed by atoms with Gasteiger partial charge in [0.25, 0.3) is 0 Å². The average molecular weight is 289 g/mol. The smallest absolute Gasteiger partial charge is 0.236 e. The molecule has 1 aromatic carbocycles. The van der Waals surface area contributed by atoms with Crippen molar-refractivity contribution in [2.75, 3.05) is 33.7 Å². The van der Waals surface area contributed by atoms with Gasteiger partial charge in [0.2, 0.25) is 5.91 Å². The quantitative estimate of drug-likeness (QED) is 0.866. The lowest BCUT2D eigenvalue weighted by atomic mass is 10.0. The summed E-state index contributed by atoms with van der Waals surface area (Å²) in [6.45, 7) is 3.23. The Bertz CT molecular complexity index is 433. The molecule has 0 bridgehead atoms.